The molecule has 0 aromatic heterocycles. The molecule has 0 aromatic rings. The first kappa shape index (κ1) is 13.2. The predicted molar refractivity (Wildman–Crippen MR) is 58.6 cm³/mol. The standard InChI is InChI=1S/C12H15NO4/c1-4-17-10(14)9-5-8(2)12(6-9,7-13)11(15)16-3/h9H,2,4-6H2,1,3H3. The highest BCUT2D eigenvalue weighted by molar-refractivity contribution is 5.87. The van der Waals surface area contributed by atoms with Gasteiger partial charge in [0.05, 0.1) is 25.7 Å². The summed E-state index contributed by atoms with van der Waals surface area (Å²) in [6.45, 7) is 5.69. The Kier molecular flexibility index (Phi) is 3.89. The van der Waals surface area contributed by atoms with Crippen molar-refractivity contribution in [1.82, 2.24) is 0 Å². The summed E-state index contributed by atoms with van der Waals surface area (Å²) in [5, 5.41) is 9.15. The van der Waals surface area contributed by atoms with E-state index in [0.717, 1.165) is 0 Å². The normalized spacial score (nSPS) is 27.4. The Morgan fingerprint density at radius 3 is 2.76 bits per heavy atom. The maximum Gasteiger partial charge on any atom is 0.330 e. The van der Waals surface area contributed by atoms with Gasteiger partial charge in [0, 0.05) is 0 Å². The maximum atomic E-state index is 11.6. The monoisotopic (exact) mass is 237 g/mol. The lowest BCUT2D eigenvalue weighted by Crippen LogP contribution is -2.30. The zero-order valence-corrected chi connectivity index (χ0v) is 9.99. The van der Waals surface area contributed by atoms with Gasteiger partial charge in [-0.2, -0.15) is 5.26 Å². The summed E-state index contributed by atoms with van der Waals surface area (Å²) in [5.74, 6) is -1.53. The van der Waals surface area contributed by atoms with Crippen LogP contribution in [-0.2, 0) is 19.1 Å². The highest BCUT2D eigenvalue weighted by Crippen LogP contribution is 2.46. The first-order chi connectivity index (χ1) is 8.01. The Morgan fingerprint density at radius 1 is 1.65 bits per heavy atom. The quantitative estimate of drug-likeness (QED) is 0.544. The molecule has 17 heavy (non-hydrogen) atoms. The average Bonchev–Trinajstić information content (AvgIpc) is 2.67. The minimum Gasteiger partial charge on any atom is -0.468 e. The fourth-order valence-electron chi connectivity index (χ4n) is 2.06. The third-order valence-corrected chi connectivity index (χ3v) is 2.99. The van der Waals surface area contributed by atoms with Gasteiger partial charge in [0.25, 0.3) is 0 Å². The van der Waals surface area contributed by atoms with Crippen LogP contribution in [0, 0.1) is 22.7 Å². The van der Waals surface area contributed by atoms with Gasteiger partial charge in [0.1, 0.15) is 0 Å². The molecule has 1 saturated carbocycles. The number of hydrogen-bond acceptors (Lipinski definition) is 5. The molecule has 0 amide bonds. The fourth-order valence-corrected chi connectivity index (χ4v) is 2.06. The number of nitrogens with zero attached hydrogens (tertiary/aromatic N) is 1. The van der Waals surface area contributed by atoms with Crippen LogP contribution < -0.4 is 0 Å². The molecule has 0 N–H and O–H groups in total. The van der Waals surface area contributed by atoms with Crippen molar-refractivity contribution in [2.24, 2.45) is 11.3 Å². The van der Waals surface area contributed by atoms with Crippen LogP contribution in [0.15, 0.2) is 12.2 Å². The number of carbonyl (C=O) groups is 2. The van der Waals surface area contributed by atoms with Crippen LogP contribution in [0.4, 0.5) is 0 Å². The van der Waals surface area contributed by atoms with Crippen LogP contribution in [0.3, 0.4) is 0 Å². The van der Waals surface area contributed by atoms with E-state index in [4.69, 9.17) is 10.00 Å². The van der Waals surface area contributed by atoms with Crippen molar-refractivity contribution >= 4 is 11.9 Å². The lowest BCUT2D eigenvalue weighted by Gasteiger charge is -2.18. The van der Waals surface area contributed by atoms with Crippen LogP contribution in [0.25, 0.3) is 0 Å². The van der Waals surface area contributed by atoms with Gasteiger partial charge < -0.3 is 9.47 Å². The largest absolute Gasteiger partial charge is 0.468 e. The maximum absolute atomic E-state index is 11.6. The number of esters is 2. The van der Waals surface area contributed by atoms with Crippen molar-refractivity contribution in [3.05, 3.63) is 12.2 Å². The summed E-state index contributed by atoms with van der Waals surface area (Å²) in [6, 6.07) is 1.92. The van der Waals surface area contributed by atoms with E-state index in [9.17, 15) is 9.59 Å². The smallest absolute Gasteiger partial charge is 0.330 e. The van der Waals surface area contributed by atoms with Gasteiger partial charge in [-0.25, -0.2) is 4.79 Å². The molecule has 2 atom stereocenters. The van der Waals surface area contributed by atoms with Crippen molar-refractivity contribution < 1.29 is 19.1 Å². The van der Waals surface area contributed by atoms with Crippen molar-refractivity contribution in [3.63, 3.8) is 0 Å². The summed E-state index contributed by atoms with van der Waals surface area (Å²) in [4.78, 5) is 23.2. The average molecular weight is 237 g/mol. The molecule has 5 heteroatoms. The first-order valence-electron chi connectivity index (χ1n) is 5.36. The van der Waals surface area contributed by atoms with Gasteiger partial charge >= 0.3 is 11.9 Å². The topological polar surface area (TPSA) is 76.4 Å². The summed E-state index contributed by atoms with van der Waals surface area (Å²) in [7, 11) is 1.21. The third-order valence-electron chi connectivity index (χ3n) is 2.99. The second-order valence-electron chi connectivity index (χ2n) is 3.97. The van der Waals surface area contributed by atoms with E-state index < -0.39 is 23.3 Å². The second-order valence-corrected chi connectivity index (χ2v) is 3.97. The Morgan fingerprint density at radius 2 is 2.29 bits per heavy atom. The van der Waals surface area contributed by atoms with Crippen molar-refractivity contribution in [3.8, 4) is 6.07 Å². The van der Waals surface area contributed by atoms with Crippen LogP contribution in [0.5, 0.6) is 0 Å². The van der Waals surface area contributed by atoms with E-state index in [2.05, 4.69) is 11.3 Å². The zero-order chi connectivity index (χ0) is 13.1. The van der Waals surface area contributed by atoms with E-state index in [1.165, 1.54) is 7.11 Å². The Labute approximate surface area is 100 Å². The van der Waals surface area contributed by atoms with Crippen molar-refractivity contribution in [1.29, 1.82) is 5.26 Å². The molecule has 1 rings (SSSR count). The molecule has 0 aliphatic heterocycles. The Bertz CT molecular complexity index is 396. The highest BCUT2D eigenvalue weighted by Gasteiger charge is 2.52. The van der Waals surface area contributed by atoms with Gasteiger partial charge in [-0.1, -0.05) is 6.58 Å². The molecule has 0 spiro atoms. The third kappa shape index (κ3) is 2.16. The van der Waals surface area contributed by atoms with Gasteiger partial charge in [0.2, 0.25) is 0 Å². The molecule has 1 aliphatic rings. The SMILES string of the molecule is C=C1CC(C(=O)OCC)CC1(C#N)C(=O)OC. The van der Waals surface area contributed by atoms with Gasteiger partial charge in [-0.3, -0.25) is 4.79 Å². The number of methoxy groups -OCH3 is 1. The minimum atomic E-state index is -1.40. The van der Waals surface area contributed by atoms with Gasteiger partial charge in [0.15, 0.2) is 5.41 Å². The van der Waals surface area contributed by atoms with E-state index >= 15 is 0 Å². The zero-order valence-electron chi connectivity index (χ0n) is 9.99. The molecule has 92 valence electrons. The van der Waals surface area contributed by atoms with Crippen LogP contribution in [-0.4, -0.2) is 25.7 Å². The molecule has 0 radical (unpaired) electrons. The van der Waals surface area contributed by atoms with E-state index in [-0.39, 0.29) is 13.0 Å². The van der Waals surface area contributed by atoms with E-state index in [0.29, 0.717) is 12.0 Å². The van der Waals surface area contributed by atoms with Crippen molar-refractivity contribution in [2.75, 3.05) is 13.7 Å². The minimum absolute atomic E-state index is 0.0911. The highest BCUT2D eigenvalue weighted by atomic mass is 16.5. The molecule has 2 unspecified atom stereocenters. The predicted octanol–water partition coefficient (Wildman–Crippen LogP) is 1.20. The van der Waals surface area contributed by atoms with Crippen LogP contribution >= 0.6 is 0 Å². The summed E-state index contributed by atoms with van der Waals surface area (Å²) >= 11 is 0. The van der Waals surface area contributed by atoms with Crippen LogP contribution in [0.2, 0.25) is 0 Å². The number of rotatable bonds is 3. The van der Waals surface area contributed by atoms with E-state index in [1.807, 2.05) is 6.07 Å². The molecular formula is C12H15NO4. The second kappa shape index (κ2) is 5.00. The molecule has 0 bridgehead atoms. The molecule has 5 nitrogen and oxygen atoms in total. The number of nitriles is 1. The van der Waals surface area contributed by atoms with E-state index in [1.54, 1.807) is 6.92 Å². The summed E-state index contributed by atoms with van der Waals surface area (Å²) in [5.41, 5.74) is -0.975. The summed E-state index contributed by atoms with van der Waals surface area (Å²) in [6.07, 6.45) is 0.384. The molecule has 0 heterocycles. The first-order valence-corrected chi connectivity index (χ1v) is 5.36. The number of ether oxygens (including phenoxy) is 2. The molecule has 1 fully saturated rings. The Balaban J connectivity index is 2.92. The summed E-state index contributed by atoms with van der Waals surface area (Å²) < 4.78 is 9.50. The lowest BCUT2D eigenvalue weighted by molar-refractivity contribution is -0.150. The van der Waals surface area contributed by atoms with Gasteiger partial charge in [-0.05, 0) is 25.3 Å². The van der Waals surface area contributed by atoms with Gasteiger partial charge in [-0.15, -0.1) is 0 Å². The number of hydrogen-bond donors (Lipinski definition) is 0. The fraction of sp³-hybridized carbons (Fsp3) is 0.583. The van der Waals surface area contributed by atoms with Crippen LogP contribution in [0.1, 0.15) is 19.8 Å². The molecule has 0 aromatic carbocycles. The molecule has 1 aliphatic carbocycles. The molecular weight excluding hydrogens is 222 g/mol. The van der Waals surface area contributed by atoms with Crippen molar-refractivity contribution in [2.45, 2.75) is 19.8 Å². The lowest BCUT2D eigenvalue weighted by atomic mass is 9.84. The number of carbonyl (C=O) groups excluding carboxylic acids is 2. The molecule has 0 saturated heterocycles. The Hall–Kier alpha value is -1.83.